The molecule has 1 heterocycles. The van der Waals surface area contributed by atoms with Crippen molar-refractivity contribution in [2.45, 2.75) is 26.3 Å². The number of nitrogens with two attached hydrogens (primary N) is 1. The zero-order valence-electron chi connectivity index (χ0n) is 6.42. The first kappa shape index (κ1) is 7.76. The minimum absolute atomic E-state index is 0.204. The van der Waals surface area contributed by atoms with E-state index in [-0.39, 0.29) is 6.04 Å². The Balaban J connectivity index is 2.90. The summed E-state index contributed by atoms with van der Waals surface area (Å²) in [4.78, 5) is 1.34. The van der Waals surface area contributed by atoms with E-state index in [0.29, 0.717) is 0 Å². The lowest BCUT2D eigenvalue weighted by molar-refractivity contribution is 0.823. The van der Waals surface area contributed by atoms with Crippen molar-refractivity contribution in [2.75, 3.05) is 0 Å². The van der Waals surface area contributed by atoms with E-state index in [9.17, 15) is 0 Å². The van der Waals surface area contributed by atoms with Gasteiger partial charge in [-0.3, -0.25) is 0 Å². The molecule has 0 radical (unpaired) electrons. The molecule has 2 N–H and O–H groups in total. The van der Waals surface area contributed by atoms with Crippen molar-refractivity contribution in [3.05, 3.63) is 21.9 Å². The molecule has 56 valence electrons. The van der Waals surface area contributed by atoms with Gasteiger partial charge in [0.1, 0.15) is 0 Å². The van der Waals surface area contributed by atoms with E-state index in [2.05, 4.69) is 18.4 Å². The minimum atomic E-state index is 0.204. The third kappa shape index (κ3) is 1.39. The van der Waals surface area contributed by atoms with Gasteiger partial charge in [0.05, 0.1) is 0 Å². The number of hydrogen-bond donors (Lipinski definition) is 1. The number of aryl methyl sites for hydroxylation is 1. The highest BCUT2D eigenvalue weighted by Crippen LogP contribution is 2.22. The fourth-order valence-electron chi connectivity index (χ4n) is 1.04. The van der Waals surface area contributed by atoms with E-state index >= 15 is 0 Å². The molecule has 1 rings (SSSR count). The second-order valence-electron chi connectivity index (χ2n) is 2.45. The summed E-state index contributed by atoms with van der Waals surface area (Å²) in [7, 11) is 0. The SMILES string of the molecule is CCc1ccsc1[C@H](C)N. The molecule has 0 saturated heterocycles. The largest absolute Gasteiger partial charge is 0.323 e. The van der Waals surface area contributed by atoms with Gasteiger partial charge >= 0.3 is 0 Å². The average Bonchev–Trinajstić information content (AvgIpc) is 2.33. The summed E-state index contributed by atoms with van der Waals surface area (Å²) in [6.45, 7) is 4.19. The molecule has 1 aromatic rings. The molecule has 0 aliphatic carbocycles. The lowest BCUT2D eigenvalue weighted by Crippen LogP contribution is -2.04. The third-order valence-electron chi connectivity index (χ3n) is 1.58. The van der Waals surface area contributed by atoms with E-state index in [1.54, 1.807) is 11.3 Å². The lowest BCUT2D eigenvalue weighted by atomic mass is 10.1. The molecule has 0 bridgehead atoms. The first-order chi connectivity index (χ1) is 4.75. The topological polar surface area (TPSA) is 26.0 Å². The molecule has 0 spiro atoms. The Kier molecular flexibility index (Phi) is 2.46. The first-order valence-electron chi connectivity index (χ1n) is 3.57. The summed E-state index contributed by atoms with van der Waals surface area (Å²) in [6.07, 6.45) is 1.10. The van der Waals surface area contributed by atoms with Crippen molar-refractivity contribution >= 4 is 11.3 Å². The molecule has 1 atom stereocenters. The minimum Gasteiger partial charge on any atom is -0.323 e. The molecular formula is C8H13NS. The molecule has 0 saturated carbocycles. The summed E-state index contributed by atoms with van der Waals surface area (Å²) in [6, 6.07) is 2.36. The van der Waals surface area contributed by atoms with Gasteiger partial charge in [-0.15, -0.1) is 11.3 Å². The summed E-state index contributed by atoms with van der Waals surface area (Å²) in [5.74, 6) is 0. The van der Waals surface area contributed by atoms with E-state index < -0.39 is 0 Å². The average molecular weight is 155 g/mol. The highest BCUT2D eigenvalue weighted by Gasteiger charge is 2.05. The van der Waals surface area contributed by atoms with Crippen molar-refractivity contribution in [1.29, 1.82) is 0 Å². The van der Waals surface area contributed by atoms with E-state index in [1.165, 1.54) is 10.4 Å². The zero-order valence-corrected chi connectivity index (χ0v) is 7.24. The summed E-state index contributed by atoms with van der Waals surface area (Å²) in [5.41, 5.74) is 7.15. The normalized spacial score (nSPS) is 13.5. The van der Waals surface area contributed by atoms with Crippen molar-refractivity contribution in [2.24, 2.45) is 5.73 Å². The molecule has 0 unspecified atom stereocenters. The first-order valence-corrected chi connectivity index (χ1v) is 4.45. The lowest BCUT2D eigenvalue weighted by Gasteiger charge is -2.03. The summed E-state index contributed by atoms with van der Waals surface area (Å²) < 4.78 is 0. The molecule has 0 fully saturated rings. The van der Waals surface area contributed by atoms with Crippen LogP contribution in [0.4, 0.5) is 0 Å². The highest BCUT2D eigenvalue weighted by molar-refractivity contribution is 7.10. The highest BCUT2D eigenvalue weighted by atomic mass is 32.1. The fourth-order valence-corrected chi connectivity index (χ4v) is 2.00. The molecular weight excluding hydrogens is 142 g/mol. The van der Waals surface area contributed by atoms with Crippen LogP contribution in [0.5, 0.6) is 0 Å². The van der Waals surface area contributed by atoms with Gasteiger partial charge < -0.3 is 5.73 Å². The number of rotatable bonds is 2. The Morgan fingerprint density at radius 1 is 1.70 bits per heavy atom. The van der Waals surface area contributed by atoms with E-state index in [0.717, 1.165) is 6.42 Å². The molecule has 0 aliphatic heterocycles. The maximum atomic E-state index is 5.74. The van der Waals surface area contributed by atoms with Crippen molar-refractivity contribution in [3.8, 4) is 0 Å². The van der Waals surface area contributed by atoms with Gasteiger partial charge in [-0.25, -0.2) is 0 Å². The van der Waals surface area contributed by atoms with E-state index in [1.807, 2.05) is 6.92 Å². The van der Waals surface area contributed by atoms with Gasteiger partial charge in [0.25, 0.3) is 0 Å². The van der Waals surface area contributed by atoms with Gasteiger partial charge in [0.15, 0.2) is 0 Å². The van der Waals surface area contributed by atoms with Crippen LogP contribution in [-0.4, -0.2) is 0 Å². The van der Waals surface area contributed by atoms with Gasteiger partial charge in [-0.05, 0) is 30.4 Å². The second kappa shape index (κ2) is 3.17. The van der Waals surface area contributed by atoms with Crippen LogP contribution in [0.1, 0.15) is 30.3 Å². The Hall–Kier alpha value is -0.340. The van der Waals surface area contributed by atoms with Crippen LogP contribution in [0.25, 0.3) is 0 Å². The molecule has 0 aliphatic rings. The maximum absolute atomic E-state index is 5.74. The van der Waals surface area contributed by atoms with Crippen molar-refractivity contribution in [3.63, 3.8) is 0 Å². The van der Waals surface area contributed by atoms with Gasteiger partial charge in [0.2, 0.25) is 0 Å². The van der Waals surface area contributed by atoms with Crippen LogP contribution in [0.3, 0.4) is 0 Å². The number of hydrogen-bond acceptors (Lipinski definition) is 2. The molecule has 10 heavy (non-hydrogen) atoms. The summed E-state index contributed by atoms with van der Waals surface area (Å²) >= 11 is 1.76. The molecule has 0 aromatic carbocycles. The van der Waals surface area contributed by atoms with Crippen LogP contribution < -0.4 is 5.73 Å². The van der Waals surface area contributed by atoms with E-state index in [4.69, 9.17) is 5.73 Å². The Morgan fingerprint density at radius 3 is 2.80 bits per heavy atom. The summed E-state index contributed by atoms with van der Waals surface area (Å²) in [5, 5.41) is 2.11. The number of thiophene rings is 1. The Morgan fingerprint density at radius 2 is 2.40 bits per heavy atom. The molecule has 0 amide bonds. The zero-order chi connectivity index (χ0) is 7.56. The third-order valence-corrected chi connectivity index (χ3v) is 2.74. The van der Waals surface area contributed by atoms with Crippen LogP contribution in [-0.2, 0) is 6.42 Å². The van der Waals surface area contributed by atoms with Crippen molar-refractivity contribution < 1.29 is 0 Å². The van der Waals surface area contributed by atoms with Gasteiger partial charge in [-0.1, -0.05) is 6.92 Å². The standard InChI is InChI=1S/C8H13NS/c1-3-7-4-5-10-8(7)6(2)9/h4-6H,3,9H2,1-2H3/t6-/m0/s1. The van der Waals surface area contributed by atoms with Gasteiger partial charge in [0, 0.05) is 10.9 Å². The van der Waals surface area contributed by atoms with Crippen LogP contribution in [0, 0.1) is 0 Å². The van der Waals surface area contributed by atoms with Crippen LogP contribution in [0.15, 0.2) is 11.4 Å². The predicted octanol–water partition coefficient (Wildman–Crippen LogP) is 2.33. The Bertz CT molecular complexity index is 203. The van der Waals surface area contributed by atoms with Crippen LogP contribution >= 0.6 is 11.3 Å². The van der Waals surface area contributed by atoms with Crippen LogP contribution in [0.2, 0.25) is 0 Å². The molecule has 1 aromatic heterocycles. The molecule has 2 heteroatoms. The van der Waals surface area contributed by atoms with Gasteiger partial charge in [-0.2, -0.15) is 0 Å². The predicted molar refractivity (Wildman–Crippen MR) is 46.3 cm³/mol. The molecule has 1 nitrogen and oxygen atoms in total. The Labute approximate surface area is 65.9 Å². The smallest absolute Gasteiger partial charge is 0.0363 e. The fraction of sp³-hybridized carbons (Fsp3) is 0.500. The van der Waals surface area contributed by atoms with Crippen molar-refractivity contribution in [1.82, 2.24) is 0 Å². The quantitative estimate of drug-likeness (QED) is 0.697. The second-order valence-corrected chi connectivity index (χ2v) is 3.40. The monoisotopic (exact) mass is 155 g/mol. The maximum Gasteiger partial charge on any atom is 0.0363 e.